The zero-order valence-corrected chi connectivity index (χ0v) is 26.2. The van der Waals surface area contributed by atoms with Crippen molar-refractivity contribution in [2.24, 2.45) is 0 Å². The molecule has 5 aromatic rings. The van der Waals surface area contributed by atoms with Gasteiger partial charge >= 0.3 is 7.60 Å². The van der Waals surface area contributed by atoms with E-state index in [1.807, 2.05) is 65.6 Å². The number of phenolic OH excluding ortho intramolecular Hbond substituents is 1. The Balaban J connectivity index is 1.32. The summed E-state index contributed by atoms with van der Waals surface area (Å²) in [6.07, 6.45) is -0.700. The molecule has 1 aliphatic heterocycles. The lowest BCUT2D eigenvalue weighted by molar-refractivity contribution is 0.126. The number of rotatable bonds is 9. The number of aliphatic hydroxyl groups excluding tert-OH is 1. The van der Waals surface area contributed by atoms with Crippen LogP contribution in [-0.4, -0.2) is 31.3 Å². The van der Waals surface area contributed by atoms with E-state index in [0.29, 0.717) is 35.1 Å². The van der Waals surface area contributed by atoms with Gasteiger partial charge in [-0.2, -0.15) is 0 Å². The van der Waals surface area contributed by atoms with E-state index in [4.69, 9.17) is 17.0 Å². The van der Waals surface area contributed by atoms with Crippen molar-refractivity contribution in [3.05, 3.63) is 138 Å². The van der Waals surface area contributed by atoms with Crippen molar-refractivity contribution in [1.29, 1.82) is 0 Å². The predicted molar refractivity (Wildman–Crippen MR) is 180 cm³/mol. The van der Waals surface area contributed by atoms with Crippen LogP contribution in [-0.2, 0) is 9.30 Å². The molecule has 7 nitrogen and oxygen atoms in total. The van der Waals surface area contributed by atoms with Gasteiger partial charge < -0.3 is 24.7 Å². The second-order valence-corrected chi connectivity index (χ2v) is 13.1. The summed E-state index contributed by atoms with van der Waals surface area (Å²) in [6.45, 7) is 0. The van der Waals surface area contributed by atoms with E-state index in [0.717, 1.165) is 16.8 Å². The fourth-order valence-corrected chi connectivity index (χ4v) is 6.67. The average Bonchev–Trinajstić information content (AvgIpc) is 3.39. The minimum absolute atomic E-state index is 0.00940. The van der Waals surface area contributed by atoms with Crippen LogP contribution in [0.1, 0.15) is 36.1 Å². The molecule has 0 amide bonds. The number of aromatic hydroxyl groups is 1. The lowest BCUT2D eigenvalue weighted by atomic mass is 9.92. The molecule has 0 saturated carbocycles. The molecule has 1 aliphatic rings. The molecule has 234 valence electrons. The third kappa shape index (κ3) is 6.75. The van der Waals surface area contributed by atoms with Crippen LogP contribution in [0.2, 0.25) is 0 Å². The largest absolute Gasteiger partial charge is 0.508 e. The first-order valence-corrected chi connectivity index (χ1v) is 16.7. The van der Waals surface area contributed by atoms with Crippen molar-refractivity contribution in [2.75, 3.05) is 4.90 Å². The van der Waals surface area contributed by atoms with Crippen LogP contribution in [0.15, 0.2) is 121 Å². The molecule has 0 aromatic heterocycles. The molecule has 6 rings (SSSR count). The first-order valence-electron chi connectivity index (χ1n) is 14.7. The predicted octanol–water partition coefficient (Wildman–Crippen LogP) is 7.41. The Bertz CT molecular complexity index is 1880. The highest BCUT2D eigenvalue weighted by molar-refractivity contribution is 7.80. The fourth-order valence-electron chi connectivity index (χ4n) is 5.79. The Morgan fingerprint density at radius 1 is 0.804 bits per heavy atom. The van der Waals surface area contributed by atoms with Gasteiger partial charge in [-0.1, -0.05) is 78.9 Å². The summed E-state index contributed by atoms with van der Waals surface area (Å²) < 4.78 is 31.3. The normalized spacial score (nSPS) is 17.1. The van der Waals surface area contributed by atoms with Crippen molar-refractivity contribution in [2.45, 2.75) is 31.1 Å². The molecule has 1 fully saturated rings. The lowest BCUT2D eigenvalue weighted by Crippen LogP contribution is -2.29. The summed E-state index contributed by atoms with van der Waals surface area (Å²) in [7, 11) is -4.38. The van der Waals surface area contributed by atoms with Crippen molar-refractivity contribution < 1.29 is 33.7 Å². The quantitative estimate of drug-likeness (QED) is 0.0960. The first-order chi connectivity index (χ1) is 22.1. The minimum Gasteiger partial charge on any atom is -0.508 e. The second-order valence-electron chi connectivity index (χ2n) is 11.2. The van der Waals surface area contributed by atoms with Crippen molar-refractivity contribution in [3.8, 4) is 28.0 Å². The van der Waals surface area contributed by atoms with Gasteiger partial charge in [-0.15, -0.1) is 0 Å². The van der Waals surface area contributed by atoms with Crippen LogP contribution in [0.3, 0.4) is 0 Å². The third-order valence-electron chi connectivity index (χ3n) is 8.20. The number of nitrogens with zero attached hydrogens (tertiary/aromatic N) is 1. The lowest BCUT2D eigenvalue weighted by Gasteiger charge is -2.27. The number of anilines is 1. The standard InChI is InChI=1S/C36H31FNO6PS/c37-28-13-6-26(7-14-28)32(39)20-21-34-35(31-19-12-27(22-33(31)40)25-10-17-30(18-11-25)45(41,42)43)38(36(46)44-34)29-15-8-24(9-16-29)23-4-2-1-3-5-23/h1-19,22,32,34-35,39-40H,20-21H2,(H2,41,42,43)/t32?,34-,35-/m1/s1. The molecule has 46 heavy (non-hydrogen) atoms. The van der Waals surface area contributed by atoms with Gasteiger partial charge in [0, 0.05) is 11.3 Å². The molecule has 4 N–H and O–H groups in total. The molecular formula is C36H31FNO6PS. The van der Waals surface area contributed by atoms with Gasteiger partial charge in [0.2, 0.25) is 0 Å². The molecule has 0 spiro atoms. The van der Waals surface area contributed by atoms with Crippen molar-refractivity contribution in [1.82, 2.24) is 0 Å². The number of benzene rings is 5. The number of halogens is 1. The highest BCUT2D eigenvalue weighted by Crippen LogP contribution is 2.44. The molecule has 0 bridgehead atoms. The molecule has 1 saturated heterocycles. The van der Waals surface area contributed by atoms with Crippen LogP contribution in [0.25, 0.3) is 22.3 Å². The molecule has 5 aromatic carbocycles. The van der Waals surface area contributed by atoms with Crippen LogP contribution < -0.4 is 10.2 Å². The Labute approximate surface area is 271 Å². The molecule has 0 radical (unpaired) electrons. The van der Waals surface area contributed by atoms with Gasteiger partial charge in [-0.3, -0.25) is 9.46 Å². The van der Waals surface area contributed by atoms with E-state index in [1.165, 1.54) is 24.3 Å². The summed E-state index contributed by atoms with van der Waals surface area (Å²) in [4.78, 5) is 20.8. The van der Waals surface area contributed by atoms with Gasteiger partial charge in [0.05, 0.1) is 11.4 Å². The average molecular weight is 656 g/mol. The van der Waals surface area contributed by atoms with Crippen LogP contribution in [0.5, 0.6) is 5.75 Å². The van der Waals surface area contributed by atoms with E-state index in [2.05, 4.69) is 0 Å². The van der Waals surface area contributed by atoms with E-state index in [-0.39, 0.29) is 22.0 Å². The molecule has 10 heteroatoms. The first kappa shape index (κ1) is 31.6. The number of aliphatic hydroxyl groups is 1. The fraction of sp³-hybridized carbons (Fsp3) is 0.139. The van der Waals surface area contributed by atoms with Gasteiger partial charge in [0.15, 0.2) is 0 Å². The number of hydrogen-bond donors (Lipinski definition) is 4. The van der Waals surface area contributed by atoms with Crippen molar-refractivity contribution >= 4 is 36.0 Å². The summed E-state index contributed by atoms with van der Waals surface area (Å²) in [5.41, 5.74) is 5.34. The zero-order valence-electron chi connectivity index (χ0n) is 24.5. The second kappa shape index (κ2) is 13.2. The van der Waals surface area contributed by atoms with Gasteiger partial charge in [0.25, 0.3) is 5.17 Å². The van der Waals surface area contributed by atoms with Crippen molar-refractivity contribution in [3.63, 3.8) is 0 Å². The molecular weight excluding hydrogens is 624 g/mol. The van der Waals surface area contributed by atoms with Gasteiger partial charge in [-0.25, -0.2) is 4.39 Å². The Morgan fingerprint density at radius 3 is 2.02 bits per heavy atom. The number of hydrogen-bond acceptors (Lipinski definition) is 5. The van der Waals surface area contributed by atoms with E-state index in [1.54, 1.807) is 36.4 Å². The summed E-state index contributed by atoms with van der Waals surface area (Å²) >= 11 is 5.73. The maximum atomic E-state index is 13.5. The maximum absolute atomic E-state index is 13.5. The highest BCUT2D eigenvalue weighted by atomic mass is 32.1. The monoisotopic (exact) mass is 655 g/mol. The Hall–Kier alpha value is -4.37. The number of ether oxygens (including phenoxy) is 1. The summed E-state index contributed by atoms with van der Waals surface area (Å²) in [5.74, 6) is -0.393. The zero-order chi connectivity index (χ0) is 32.4. The molecule has 1 unspecified atom stereocenters. The summed E-state index contributed by atoms with van der Waals surface area (Å²) in [6, 6.07) is 34.2. The molecule has 1 heterocycles. The Morgan fingerprint density at radius 2 is 1.39 bits per heavy atom. The maximum Gasteiger partial charge on any atom is 0.356 e. The smallest absolute Gasteiger partial charge is 0.356 e. The molecule has 3 atom stereocenters. The van der Waals surface area contributed by atoms with Gasteiger partial charge in [-0.05, 0) is 95.3 Å². The highest BCUT2D eigenvalue weighted by Gasteiger charge is 2.42. The molecule has 0 aliphatic carbocycles. The van der Waals surface area contributed by atoms with E-state index >= 15 is 0 Å². The van der Waals surface area contributed by atoms with Crippen LogP contribution >= 0.6 is 19.8 Å². The van der Waals surface area contributed by atoms with Crippen LogP contribution in [0.4, 0.5) is 10.1 Å². The SMILES string of the molecule is O=P(O)(O)c1ccc(-c2ccc([C@@H]3[C@@H](CCC(O)c4ccc(F)cc4)OC(=S)N3c3ccc(-c4ccccc4)cc3)c(O)c2)cc1. The van der Waals surface area contributed by atoms with Crippen LogP contribution in [0, 0.1) is 5.82 Å². The third-order valence-corrected chi connectivity index (χ3v) is 9.46. The minimum atomic E-state index is -4.38. The topological polar surface area (TPSA) is 110 Å². The Kier molecular flexibility index (Phi) is 9.04. The van der Waals surface area contributed by atoms with E-state index in [9.17, 15) is 29.0 Å². The number of thiocarbonyl (C=S) groups is 1. The van der Waals surface area contributed by atoms with Gasteiger partial charge in [0.1, 0.15) is 23.7 Å². The summed E-state index contributed by atoms with van der Waals surface area (Å²) in [5, 5.41) is 22.4. The number of phenols is 1. The van der Waals surface area contributed by atoms with E-state index < -0.39 is 25.8 Å².